The lowest BCUT2D eigenvalue weighted by Gasteiger charge is -2.06. The normalized spacial score (nSPS) is 11.2. The van der Waals surface area contributed by atoms with E-state index in [4.69, 9.17) is 0 Å². The van der Waals surface area contributed by atoms with E-state index in [2.05, 4.69) is 10.0 Å². The number of carbonyl (C=O) groups is 1. The van der Waals surface area contributed by atoms with Gasteiger partial charge in [0.25, 0.3) is 11.6 Å². The topological polar surface area (TPSA) is 118 Å². The number of carbonyl (C=O) groups excluding carboxylic acids is 1. The third kappa shape index (κ3) is 3.73. The molecule has 2 aromatic rings. The number of hydrogen-bond donors (Lipinski definition) is 2. The quantitative estimate of drug-likeness (QED) is 0.629. The summed E-state index contributed by atoms with van der Waals surface area (Å²) >= 11 is 1.000. The zero-order valence-electron chi connectivity index (χ0n) is 12.2. The predicted molar refractivity (Wildman–Crippen MR) is 86.4 cm³/mol. The molecule has 1 heterocycles. The Hall–Kier alpha value is -2.30. The van der Waals surface area contributed by atoms with Crippen LogP contribution >= 0.6 is 11.3 Å². The van der Waals surface area contributed by atoms with E-state index in [0.29, 0.717) is 4.88 Å². The zero-order chi connectivity index (χ0) is 17.2. The maximum Gasteiger partial charge on any atom is 0.283 e. The average molecular weight is 355 g/mol. The van der Waals surface area contributed by atoms with Crippen molar-refractivity contribution in [3.05, 3.63) is 50.2 Å². The highest BCUT2D eigenvalue weighted by Gasteiger charge is 2.20. The van der Waals surface area contributed by atoms with E-state index in [9.17, 15) is 23.3 Å². The first-order valence-corrected chi connectivity index (χ1v) is 8.64. The van der Waals surface area contributed by atoms with E-state index in [1.54, 1.807) is 6.92 Å². The van der Waals surface area contributed by atoms with E-state index in [0.717, 1.165) is 11.3 Å². The molecule has 0 bridgehead atoms. The van der Waals surface area contributed by atoms with Crippen molar-refractivity contribution in [2.45, 2.75) is 11.8 Å². The lowest BCUT2D eigenvalue weighted by molar-refractivity contribution is -0.385. The molecule has 0 aliphatic rings. The van der Waals surface area contributed by atoms with E-state index in [-0.39, 0.29) is 21.1 Å². The fourth-order valence-corrected chi connectivity index (χ4v) is 3.47. The van der Waals surface area contributed by atoms with Crippen LogP contribution in [0.4, 0.5) is 11.4 Å². The first-order chi connectivity index (χ1) is 10.7. The molecule has 1 aromatic heterocycles. The highest BCUT2D eigenvalue weighted by atomic mass is 32.2. The van der Waals surface area contributed by atoms with Crippen molar-refractivity contribution in [1.82, 2.24) is 4.72 Å². The van der Waals surface area contributed by atoms with Gasteiger partial charge in [-0.05, 0) is 32.2 Å². The van der Waals surface area contributed by atoms with Gasteiger partial charge < -0.3 is 5.32 Å². The summed E-state index contributed by atoms with van der Waals surface area (Å²) in [5.41, 5.74) is 0.159. The van der Waals surface area contributed by atoms with Gasteiger partial charge in [0, 0.05) is 11.8 Å². The van der Waals surface area contributed by atoms with Crippen molar-refractivity contribution in [2.24, 2.45) is 0 Å². The molecule has 1 aromatic carbocycles. The van der Waals surface area contributed by atoms with Crippen LogP contribution in [0.1, 0.15) is 14.5 Å². The monoisotopic (exact) mass is 355 g/mol. The fraction of sp³-hybridized carbons (Fsp3) is 0.154. The standard InChI is InChI=1S/C13H13N3O5S2/c1-8-11(16(18)19)7-12(22-8)13(17)15-9-4-3-5-10(6-9)23(20,21)14-2/h3-7,14H,1-2H3,(H,15,17). The van der Waals surface area contributed by atoms with Crippen LogP contribution in [-0.4, -0.2) is 26.3 Å². The van der Waals surface area contributed by atoms with Crippen LogP contribution in [-0.2, 0) is 10.0 Å². The number of anilines is 1. The molecule has 0 radical (unpaired) electrons. The van der Waals surface area contributed by atoms with Gasteiger partial charge in [0.1, 0.15) is 0 Å². The number of hydrogen-bond acceptors (Lipinski definition) is 6. The summed E-state index contributed by atoms with van der Waals surface area (Å²) in [5.74, 6) is -0.537. The van der Waals surface area contributed by atoms with Crippen LogP contribution in [0.5, 0.6) is 0 Å². The highest BCUT2D eigenvalue weighted by Crippen LogP contribution is 2.28. The number of nitrogens with one attached hydrogen (secondary N) is 2. The Labute approximate surface area is 136 Å². The second-order valence-electron chi connectivity index (χ2n) is 4.50. The zero-order valence-corrected chi connectivity index (χ0v) is 13.8. The Morgan fingerprint density at radius 1 is 1.30 bits per heavy atom. The van der Waals surface area contributed by atoms with Gasteiger partial charge >= 0.3 is 0 Å². The van der Waals surface area contributed by atoms with Crippen LogP contribution in [0.15, 0.2) is 35.2 Å². The number of aryl methyl sites for hydroxylation is 1. The van der Waals surface area contributed by atoms with Gasteiger partial charge in [0.05, 0.1) is 19.6 Å². The molecule has 1 amide bonds. The molecule has 2 N–H and O–H groups in total. The predicted octanol–water partition coefficient (Wildman–Crippen LogP) is 2.13. The number of benzene rings is 1. The largest absolute Gasteiger partial charge is 0.321 e. The van der Waals surface area contributed by atoms with E-state index >= 15 is 0 Å². The van der Waals surface area contributed by atoms with Crippen LogP contribution in [0.3, 0.4) is 0 Å². The molecule has 0 aliphatic heterocycles. The van der Waals surface area contributed by atoms with Crippen molar-refractivity contribution >= 4 is 38.6 Å². The average Bonchev–Trinajstić information content (AvgIpc) is 2.90. The Bertz CT molecular complexity index is 873. The molecule has 0 aliphatic carbocycles. The SMILES string of the molecule is CNS(=O)(=O)c1cccc(NC(=O)c2cc([N+](=O)[O-])c(C)s2)c1. The Morgan fingerprint density at radius 2 is 2.00 bits per heavy atom. The first kappa shape index (κ1) is 17.1. The van der Waals surface area contributed by atoms with Crippen molar-refractivity contribution in [3.63, 3.8) is 0 Å². The van der Waals surface area contributed by atoms with Crippen molar-refractivity contribution in [3.8, 4) is 0 Å². The lowest BCUT2D eigenvalue weighted by Crippen LogP contribution is -2.19. The summed E-state index contributed by atoms with van der Waals surface area (Å²) in [4.78, 5) is 23.0. The van der Waals surface area contributed by atoms with Crippen LogP contribution < -0.4 is 10.0 Å². The molecule has 23 heavy (non-hydrogen) atoms. The number of nitro groups is 1. The summed E-state index contributed by atoms with van der Waals surface area (Å²) < 4.78 is 25.6. The van der Waals surface area contributed by atoms with Crippen molar-refractivity contribution in [2.75, 3.05) is 12.4 Å². The molecular weight excluding hydrogens is 342 g/mol. The molecule has 0 unspecified atom stereocenters. The Balaban J connectivity index is 2.26. The number of thiophene rings is 1. The van der Waals surface area contributed by atoms with Gasteiger partial charge in [-0.25, -0.2) is 13.1 Å². The molecule has 10 heteroatoms. The minimum atomic E-state index is -3.62. The molecular formula is C13H13N3O5S2. The van der Waals surface area contributed by atoms with Gasteiger partial charge in [-0.15, -0.1) is 11.3 Å². The van der Waals surface area contributed by atoms with E-state index in [1.807, 2.05) is 0 Å². The molecule has 0 fully saturated rings. The molecule has 122 valence electrons. The van der Waals surface area contributed by atoms with Crippen molar-refractivity contribution < 1.29 is 18.1 Å². The van der Waals surface area contributed by atoms with E-state index in [1.165, 1.54) is 37.4 Å². The minimum Gasteiger partial charge on any atom is -0.321 e. The second kappa shape index (κ2) is 6.44. The Morgan fingerprint density at radius 3 is 2.57 bits per heavy atom. The molecule has 0 saturated carbocycles. The maximum absolute atomic E-state index is 12.1. The minimum absolute atomic E-state index is 0.00569. The van der Waals surface area contributed by atoms with Crippen LogP contribution in [0.25, 0.3) is 0 Å². The van der Waals surface area contributed by atoms with Gasteiger partial charge in [0.2, 0.25) is 10.0 Å². The summed E-state index contributed by atoms with van der Waals surface area (Å²) in [6.07, 6.45) is 0. The Kier molecular flexibility index (Phi) is 4.78. The number of nitrogens with zero attached hydrogens (tertiary/aromatic N) is 1. The highest BCUT2D eigenvalue weighted by molar-refractivity contribution is 7.89. The first-order valence-electron chi connectivity index (χ1n) is 6.34. The van der Waals surface area contributed by atoms with Crippen molar-refractivity contribution in [1.29, 1.82) is 0 Å². The lowest BCUT2D eigenvalue weighted by atomic mass is 10.3. The maximum atomic E-state index is 12.1. The van der Waals surface area contributed by atoms with E-state index < -0.39 is 20.9 Å². The summed E-state index contributed by atoms with van der Waals surface area (Å²) in [6.45, 7) is 1.56. The smallest absolute Gasteiger partial charge is 0.283 e. The summed E-state index contributed by atoms with van der Waals surface area (Å²) in [5, 5.41) is 13.3. The summed E-state index contributed by atoms with van der Waals surface area (Å²) in [6, 6.07) is 6.91. The second-order valence-corrected chi connectivity index (χ2v) is 7.64. The number of amides is 1. The summed E-state index contributed by atoms with van der Waals surface area (Å²) in [7, 11) is -2.34. The number of sulfonamides is 1. The van der Waals surface area contributed by atoms with Gasteiger partial charge in [-0.1, -0.05) is 6.07 Å². The molecule has 0 spiro atoms. The fourth-order valence-electron chi connectivity index (χ4n) is 1.82. The van der Waals surface area contributed by atoms with Crippen LogP contribution in [0.2, 0.25) is 0 Å². The molecule has 8 nitrogen and oxygen atoms in total. The molecule has 0 saturated heterocycles. The molecule has 0 atom stereocenters. The van der Waals surface area contributed by atoms with Gasteiger partial charge in [-0.2, -0.15) is 0 Å². The van der Waals surface area contributed by atoms with Crippen LogP contribution in [0, 0.1) is 17.0 Å². The molecule has 2 rings (SSSR count). The number of rotatable bonds is 5. The third-order valence-electron chi connectivity index (χ3n) is 2.98. The van der Waals surface area contributed by atoms with Gasteiger partial charge in [-0.3, -0.25) is 14.9 Å². The van der Waals surface area contributed by atoms with Gasteiger partial charge in [0.15, 0.2) is 0 Å². The third-order valence-corrected chi connectivity index (χ3v) is 5.43.